The molecule has 3 rings (SSSR count). The second-order valence-corrected chi connectivity index (χ2v) is 6.73. The van der Waals surface area contributed by atoms with Crippen molar-refractivity contribution in [3.8, 4) is 0 Å². The van der Waals surface area contributed by atoms with Crippen molar-refractivity contribution in [2.24, 2.45) is 0 Å². The number of para-hydroxylation sites is 1. The minimum absolute atomic E-state index is 0.142. The quantitative estimate of drug-likeness (QED) is 0.915. The molecule has 0 spiro atoms. The van der Waals surface area contributed by atoms with Crippen molar-refractivity contribution in [3.05, 3.63) is 35.6 Å². The van der Waals surface area contributed by atoms with Gasteiger partial charge in [-0.2, -0.15) is 0 Å². The lowest BCUT2D eigenvalue weighted by Gasteiger charge is -2.36. The van der Waals surface area contributed by atoms with Crippen LogP contribution in [0.3, 0.4) is 0 Å². The molecule has 2 atom stereocenters. The summed E-state index contributed by atoms with van der Waals surface area (Å²) in [5.41, 5.74) is 1.55. The molecule has 1 heterocycles. The first-order valence-corrected chi connectivity index (χ1v) is 8.58. The van der Waals surface area contributed by atoms with E-state index in [1.165, 1.54) is 6.42 Å². The molecule has 0 unspecified atom stereocenters. The Bertz CT molecular complexity index is 708. The SMILES string of the molecule is COCc1c(C(=O)N[C@@H]2CCCC[C@H]2N(C)C)oc2ccccc12. The van der Waals surface area contributed by atoms with Crippen LogP contribution in [0.5, 0.6) is 0 Å². The number of likely N-dealkylation sites (N-methyl/N-ethyl adjacent to an activating group) is 1. The molecule has 0 bridgehead atoms. The van der Waals surface area contributed by atoms with Crippen molar-refractivity contribution in [3.63, 3.8) is 0 Å². The number of carbonyl (C=O) groups excluding carboxylic acids is 1. The number of benzene rings is 1. The van der Waals surface area contributed by atoms with E-state index in [1.807, 2.05) is 24.3 Å². The molecule has 1 fully saturated rings. The van der Waals surface area contributed by atoms with Gasteiger partial charge in [0.15, 0.2) is 5.76 Å². The minimum Gasteiger partial charge on any atom is -0.451 e. The molecule has 1 aromatic carbocycles. The number of ether oxygens (including phenoxy) is 1. The Morgan fingerprint density at radius 1 is 1.29 bits per heavy atom. The van der Waals surface area contributed by atoms with Crippen LogP contribution in [-0.4, -0.2) is 44.1 Å². The number of furan rings is 1. The maximum atomic E-state index is 12.9. The second-order valence-electron chi connectivity index (χ2n) is 6.73. The predicted molar refractivity (Wildman–Crippen MR) is 94.1 cm³/mol. The number of nitrogens with one attached hydrogen (secondary N) is 1. The van der Waals surface area contributed by atoms with Gasteiger partial charge >= 0.3 is 0 Å². The number of hydrogen-bond donors (Lipinski definition) is 1. The zero-order valence-electron chi connectivity index (χ0n) is 14.7. The van der Waals surface area contributed by atoms with Gasteiger partial charge in [0.1, 0.15) is 5.58 Å². The summed E-state index contributed by atoms with van der Waals surface area (Å²) in [6, 6.07) is 8.24. The van der Waals surface area contributed by atoms with Gasteiger partial charge in [-0.15, -0.1) is 0 Å². The van der Waals surface area contributed by atoms with Crippen LogP contribution >= 0.6 is 0 Å². The van der Waals surface area contributed by atoms with Crippen molar-refractivity contribution in [2.45, 2.75) is 44.4 Å². The molecule has 5 heteroatoms. The molecule has 0 radical (unpaired) electrons. The maximum absolute atomic E-state index is 12.9. The first-order chi connectivity index (χ1) is 11.6. The van der Waals surface area contributed by atoms with Gasteiger partial charge < -0.3 is 19.4 Å². The average molecular weight is 330 g/mol. The highest BCUT2D eigenvalue weighted by atomic mass is 16.5. The van der Waals surface area contributed by atoms with E-state index in [-0.39, 0.29) is 11.9 Å². The molecule has 2 aromatic rings. The van der Waals surface area contributed by atoms with Crippen LogP contribution in [0.4, 0.5) is 0 Å². The molecule has 1 saturated carbocycles. The average Bonchev–Trinajstić information content (AvgIpc) is 2.94. The lowest BCUT2D eigenvalue weighted by Crippen LogP contribution is -2.51. The molecule has 1 N–H and O–H groups in total. The number of fused-ring (bicyclic) bond motifs is 1. The van der Waals surface area contributed by atoms with E-state index in [1.54, 1.807) is 7.11 Å². The van der Waals surface area contributed by atoms with E-state index in [2.05, 4.69) is 24.3 Å². The Labute approximate surface area is 143 Å². The van der Waals surface area contributed by atoms with E-state index in [0.29, 0.717) is 18.4 Å². The molecule has 1 aliphatic rings. The molecule has 1 aromatic heterocycles. The molecule has 0 aliphatic heterocycles. The summed E-state index contributed by atoms with van der Waals surface area (Å²) >= 11 is 0. The van der Waals surface area contributed by atoms with Crippen LogP contribution in [0.2, 0.25) is 0 Å². The fraction of sp³-hybridized carbons (Fsp3) is 0.526. The minimum atomic E-state index is -0.142. The second kappa shape index (κ2) is 7.36. The Morgan fingerprint density at radius 2 is 2.04 bits per heavy atom. The molecule has 130 valence electrons. The fourth-order valence-electron chi connectivity index (χ4n) is 3.70. The van der Waals surface area contributed by atoms with Crippen LogP contribution < -0.4 is 5.32 Å². The summed E-state index contributed by atoms with van der Waals surface area (Å²) in [6.07, 6.45) is 4.49. The van der Waals surface area contributed by atoms with E-state index < -0.39 is 0 Å². The Hall–Kier alpha value is -1.85. The predicted octanol–water partition coefficient (Wildman–Crippen LogP) is 3.18. The lowest BCUT2D eigenvalue weighted by molar-refractivity contribution is 0.0851. The number of rotatable bonds is 5. The van der Waals surface area contributed by atoms with Gasteiger partial charge in [-0.3, -0.25) is 4.79 Å². The standard InChI is InChI=1S/C19H26N2O3/c1-21(2)16-10-6-5-9-15(16)20-19(22)18-14(12-23-3)13-8-4-7-11-17(13)24-18/h4,7-8,11,15-16H,5-6,9-10,12H2,1-3H3,(H,20,22)/t15-,16-/m1/s1. The molecular formula is C19H26N2O3. The Balaban J connectivity index is 1.86. The van der Waals surface area contributed by atoms with Gasteiger partial charge in [-0.05, 0) is 33.0 Å². The highest BCUT2D eigenvalue weighted by molar-refractivity contribution is 5.99. The fourth-order valence-corrected chi connectivity index (χ4v) is 3.70. The van der Waals surface area contributed by atoms with Gasteiger partial charge in [0.2, 0.25) is 0 Å². The first-order valence-electron chi connectivity index (χ1n) is 8.58. The van der Waals surface area contributed by atoms with Crippen molar-refractivity contribution in [2.75, 3.05) is 21.2 Å². The van der Waals surface area contributed by atoms with E-state index in [4.69, 9.17) is 9.15 Å². The van der Waals surface area contributed by atoms with Crippen LogP contribution in [0.1, 0.15) is 41.8 Å². The number of methoxy groups -OCH3 is 1. The van der Waals surface area contributed by atoms with Crippen molar-refractivity contribution >= 4 is 16.9 Å². The van der Waals surface area contributed by atoms with E-state index in [9.17, 15) is 4.79 Å². The normalized spacial score (nSPS) is 21.3. The third-order valence-corrected chi connectivity index (χ3v) is 4.90. The summed E-state index contributed by atoms with van der Waals surface area (Å²) in [7, 11) is 5.78. The van der Waals surface area contributed by atoms with Gasteiger partial charge in [-0.25, -0.2) is 0 Å². The monoisotopic (exact) mass is 330 g/mol. The van der Waals surface area contributed by atoms with E-state index >= 15 is 0 Å². The van der Waals surface area contributed by atoms with Crippen molar-refractivity contribution in [1.29, 1.82) is 0 Å². The summed E-state index contributed by atoms with van der Waals surface area (Å²) < 4.78 is 11.1. The van der Waals surface area contributed by atoms with E-state index in [0.717, 1.165) is 35.8 Å². The third kappa shape index (κ3) is 3.32. The smallest absolute Gasteiger partial charge is 0.287 e. The van der Waals surface area contributed by atoms with Gasteiger partial charge in [0.25, 0.3) is 5.91 Å². The molecule has 0 saturated heterocycles. The highest BCUT2D eigenvalue weighted by Crippen LogP contribution is 2.28. The zero-order valence-corrected chi connectivity index (χ0v) is 14.7. The summed E-state index contributed by atoms with van der Waals surface area (Å²) in [5, 5.41) is 4.14. The molecule has 1 amide bonds. The Morgan fingerprint density at radius 3 is 2.79 bits per heavy atom. The lowest BCUT2D eigenvalue weighted by atomic mass is 9.89. The van der Waals surface area contributed by atoms with Crippen molar-refractivity contribution in [1.82, 2.24) is 10.2 Å². The Kier molecular flexibility index (Phi) is 5.21. The van der Waals surface area contributed by atoms with Gasteiger partial charge in [0, 0.05) is 30.1 Å². The first kappa shape index (κ1) is 17.0. The summed E-state index contributed by atoms with van der Waals surface area (Å²) in [4.78, 5) is 15.1. The summed E-state index contributed by atoms with van der Waals surface area (Å²) in [5.74, 6) is 0.234. The number of nitrogens with zero attached hydrogens (tertiary/aromatic N) is 1. The number of carbonyl (C=O) groups is 1. The van der Waals surface area contributed by atoms with Crippen LogP contribution in [0.25, 0.3) is 11.0 Å². The van der Waals surface area contributed by atoms with Crippen LogP contribution in [0, 0.1) is 0 Å². The molecular weight excluding hydrogens is 304 g/mol. The topological polar surface area (TPSA) is 54.7 Å². The molecule has 5 nitrogen and oxygen atoms in total. The molecule has 24 heavy (non-hydrogen) atoms. The summed E-state index contributed by atoms with van der Waals surface area (Å²) in [6.45, 7) is 0.363. The molecule has 1 aliphatic carbocycles. The van der Waals surface area contributed by atoms with Crippen LogP contribution in [0.15, 0.2) is 28.7 Å². The van der Waals surface area contributed by atoms with Crippen LogP contribution in [-0.2, 0) is 11.3 Å². The number of amides is 1. The highest BCUT2D eigenvalue weighted by Gasteiger charge is 2.30. The van der Waals surface area contributed by atoms with Crippen molar-refractivity contribution < 1.29 is 13.9 Å². The third-order valence-electron chi connectivity index (χ3n) is 4.90. The largest absolute Gasteiger partial charge is 0.451 e. The van der Waals surface area contributed by atoms with Gasteiger partial charge in [0.05, 0.1) is 6.61 Å². The zero-order chi connectivity index (χ0) is 17.1. The maximum Gasteiger partial charge on any atom is 0.287 e. The number of hydrogen-bond acceptors (Lipinski definition) is 4. The van der Waals surface area contributed by atoms with Gasteiger partial charge in [-0.1, -0.05) is 31.0 Å².